The fourth-order valence-corrected chi connectivity index (χ4v) is 2.24. The molecule has 0 aliphatic rings. The smallest absolute Gasteiger partial charge is 0.135 e. The second-order valence-electron chi connectivity index (χ2n) is 4.09. The van der Waals surface area contributed by atoms with Gasteiger partial charge in [0.05, 0.1) is 6.04 Å². The van der Waals surface area contributed by atoms with Gasteiger partial charge in [-0.25, -0.2) is 15.0 Å². The first-order valence-corrected chi connectivity index (χ1v) is 6.78. The van der Waals surface area contributed by atoms with E-state index in [1.165, 1.54) is 0 Å². The SMILES string of the molecule is CCc1nc(N)c(C)c(NC(C)c2nccs2)n1. The first-order chi connectivity index (χ1) is 8.61. The molecule has 2 rings (SSSR count). The van der Waals surface area contributed by atoms with Crippen molar-refractivity contribution in [3.05, 3.63) is 28.0 Å². The van der Waals surface area contributed by atoms with Crippen molar-refractivity contribution in [1.29, 1.82) is 0 Å². The van der Waals surface area contributed by atoms with Crippen molar-refractivity contribution in [2.24, 2.45) is 0 Å². The number of aryl methyl sites for hydroxylation is 1. The van der Waals surface area contributed by atoms with Crippen molar-refractivity contribution in [2.45, 2.75) is 33.2 Å². The summed E-state index contributed by atoms with van der Waals surface area (Å²) in [7, 11) is 0. The molecule has 0 aliphatic heterocycles. The Hall–Kier alpha value is -1.69. The van der Waals surface area contributed by atoms with Gasteiger partial charge in [0.15, 0.2) is 0 Å². The molecule has 0 amide bonds. The Morgan fingerprint density at radius 1 is 1.44 bits per heavy atom. The highest BCUT2D eigenvalue weighted by Gasteiger charge is 2.13. The van der Waals surface area contributed by atoms with E-state index in [9.17, 15) is 0 Å². The second-order valence-corrected chi connectivity index (χ2v) is 5.01. The van der Waals surface area contributed by atoms with Crippen molar-refractivity contribution in [3.8, 4) is 0 Å². The highest BCUT2D eigenvalue weighted by Crippen LogP contribution is 2.24. The molecular formula is C12H17N5S. The molecule has 1 unspecified atom stereocenters. The molecule has 3 N–H and O–H groups in total. The van der Waals surface area contributed by atoms with Gasteiger partial charge in [-0.1, -0.05) is 6.92 Å². The van der Waals surface area contributed by atoms with Gasteiger partial charge >= 0.3 is 0 Å². The average molecular weight is 263 g/mol. The Morgan fingerprint density at radius 3 is 2.83 bits per heavy atom. The fourth-order valence-electron chi connectivity index (χ4n) is 1.60. The number of thiazole rings is 1. The number of hydrogen-bond donors (Lipinski definition) is 2. The largest absolute Gasteiger partial charge is 0.383 e. The van der Waals surface area contributed by atoms with Gasteiger partial charge in [0.1, 0.15) is 22.5 Å². The van der Waals surface area contributed by atoms with E-state index >= 15 is 0 Å². The number of nitrogen functional groups attached to an aromatic ring is 1. The third-order valence-corrected chi connectivity index (χ3v) is 3.68. The van der Waals surface area contributed by atoms with E-state index < -0.39 is 0 Å². The van der Waals surface area contributed by atoms with Gasteiger partial charge in [-0.2, -0.15) is 0 Å². The van der Waals surface area contributed by atoms with Crippen LogP contribution in [0.15, 0.2) is 11.6 Å². The van der Waals surface area contributed by atoms with Crippen LogP contribution in [0.1, 0.15) is 36.3 Å². The lowest BCUT2D eigenvalue weighted by Gasteiger charge is -2.15. The molecule has 2 aromatic heterocycles. The summed E-state index contributed by atoms with van der Waals surface area (Å²) in [5.41, 5.74) is 6.77. The molecule has 0 saturated carbocycles. The van der Waals surface area contributed by atoms with Crippen LogP contribution in [-0.2, 0) is 6.42 Å². The van der Waals surface area contributed by atoms with Gasteiger partial charge in [0.25, 0.3) is 0 Å². The average Bonchev–Trinajstić information content (AvgIpc) is 2.88. The van der Waals surface area contributed by atoms with Gasteiger partial charge in [0, 0.05) is 23.6 Å². The summed E-state index contributed by atoms with van der Waals surface area (Å²) in [4.78, 5) is 13.0. The van der Waals surface area contributed by atoms with Crippen LogP contribution < -0.4 is 11.1 Å². The second kappa shape index (κ2) is 5.30. The van der Waals surface area contributed by atoms with E-state index in [2.05, 4.69) is 27.2 Å². The molecule has 0 saturated heterocycles. The first-order valence-electron chi connectivity index (χ1n) is 5.90. The minimum Gasteiger partial charge on any atom is -0.383 e. The molecule has 5 nitrogen and oxygen atoms in total. The molecule has 96 valence electrons. The maximum absolute atomic E-state index is 5.89. The Bertz CT molecular complexity index is 524. The molecular weight excluding hydrogens is 246 g/mol. The maximum Gasteiger partial charge on any atom is 0.135 e. The zero-order valence-corrected chi connectivity index (χ0v) is 11.6. The molecule has 0 bridgehead atoms. The summed E-state index contributed by atoms with van der Waals surface area (Å²) in [6, 6.07) is 0.114. The Morgan fingerprint density at radius 2 is 2.22 bits per heavy atom. The summed E-state index contributed by atoms with van der Waals surface area (Å²) in [6.45, 7) is 5.99. The Balaban J connectivity index is 2.25. The van der Waals surface area contributed by atoms with E-state index in [0.717, 1.165) is 28.6 Å². The molecule has 2 aromatic rings. The summed E-state index contributed by atoms with van der Waals surface area (Å²) < 4.78 is 0. The van der Waals surface area contributed by atoms with Crippen LogP contribution in [0.2, 0.25) is 0 Å². The highest BCUT2D eigenvalue weighted by atomic mass is 32.1. The molecule has 0 aliphatic carbocycles. The zero-order valence-electron chi connectivity index (χ0n) is 10.8. The van der Waals surface area contributed by atoms with E-state index in [-0.39, 0.29) is 6.04 Å². The molecule has 0 aromatic carbocycles. The topological polar surface area (TPSA) is 76.7 Å². The van der Waals surface area contributed by atoms with E-state index in [1.807, 2.05) is 19.2 Å². The van der Waals surface area contributed by atoms with Crippen molar-refractivity contribution in [3.63, 3.8) is 0 Å². The lowest BCUT2D eigenvalue weighted by molar-refractivity contribution is 0.843. The summed E-state index contributed by atoms with van der Waals surface area (Å²) in [5.74, 6) is 2.09. The third kappa shape index (κ3) is 2.59. The number of nitrogens with zero attached hydrogens (tertiary/aromatic N) is 3. The van der Waals surface area contributed by atoms with Gasteiger partial charge in [-0.3, -0.25) is 0 Å². The van der Waals surface area contributed by atoms with Crippen LogP contribution in [0.3, 0.4) is 0 Å². The standard InChI is InChI=1S/C12H17N5S/c1-4-9-16-10(13)7(2)11(17-9)15-8(3)12-14-5-6-18-12/h5-6,8H,4H2,1-3H3,(H3,13,15,16,17). The zero-order chi connectivity index (χ0) is 13.1. The van der Waals surface area contributed by atoms with Gasteiger partial charge in [0.2, 0.25) is 0 Å². The number of anilines is 2. The van der Waals surface area contributed by atoms with Crippen molar-refractivity contribution < 1.29 is 0 Å². The molecule has 6 heteroatoms. The highest BCUT2D eigenvalue weighted by molar-refractivity contribution is 7.09. The summed E-state index contributed by atoms with van der Waals surface area (Å²) in [6.07, 6.45) is 2.57. The number of nitrogens with two attached hydrogens (primary N) is 1. The fraction of sp³-hybridized carbons (Fsp3) is 0.417. The van der Waals surface area contributed by atoms with Crippen molar-refractivity contribution in [1.82, 2.24) is 15.0 Å². The monoisotopic (exact) mass is 263 g/mol. The Kier molecular flexibility index (Phi) is 3.76. The molecule has 0 radical (unpaired) electrons. The minimum absolute atomic E-state index is 0.114. The van der Waals surface area contributed by atoms with Crippen LogP contribution in [-0.4, -0.2) is 15.0 Å². The van der Waals surface area contributed by atoms with Crippen molar-refractivity contribution in [2.75, 3.05) is 11.1 Å². The lowest BCUT2D eigenvalue weighted by Crippen LogP contribution is -2.12. The van der Waals surface area contributed by atoms with Gasteiger partial charge < -0.3 is 11.1 Å². The van der Waals surface area contributed by atoms with Gasteiger partial charge in [-0.15, -0.1) is 11.3 Å². The number of nitrogens with one attached hydrogen (secondary N) is 1. The number of rotatable bonds is 4. The molecule has 1 atom stereocenters. The minimum atomic E-state index is 0.114. The Labute approximate surface area is 111 Å². The maximum atomic E-state index is 5.89. The van der Waals surface area contributed by atoms with E-state index in [0.29, 0.717) is 5.82 Å². The predicted octanol–water partition coefficient (Wildman–Crippen LogP) is 2.56. The first kappa shape index (κ1) is 12.8. The van der Waals surface area contributed by atoms with Crippen LogP contribution in [0.5, 0.6) is 0 Å². The third-order valence-electron chi connectivity index (χ3n) is 2.72. The lowest BCUT2D eigenvalue weighted by atomic mass is 10.2. The normalized spacial score (nSPS) is 12.4. The summed E-state index contributed by atoms with van der Waals surface area (Å²) in [5, 5.41) is 6.34. The van der Waals surface area contributed by atoms with Gasteiger partial charge in [-0.05, 0) is 13.8 Å². The quantitative estimate of drug-likeness (QED) is 0.886. The van der Waals surface area contributed by atoms with E-state index in [1.54, 1.807) is 17.5 Å². The molecule has 2 heterocycles. The summed E-state index contributed by atoms with van der Waals surface area (Å²) >= 11 is 1.62. The van der Waals surface area contributed by atoms with Crippen LogP contribution in [0.25, 0.3) is 0 Å². The number of hydrogen-bond acceptors (Lipinski definition) is 6. The van der Waals surface area contributed by atoms with Crippen LogP contribution >= 0.6 is 11.3 Å². The molecule has 18 heavy (non-hydrogen) atoms. The predicted molar refractivity (Wildman–Crippen MR) is 74.7 cm³/mol. The van der Waals surface area contributed by atoms with Crippen molar-refractivity contribution >= 4 is 23.0 Å². The van der Waals surface area contributed by atoms with Crippen LogP contribution in [0.4, 0.5) is 11.6 Å². The molecule has 0 fully saturated rings. The van der Waals surface area contributed by atoms with Crippen LogP contribution in [0, 0.1) is 6.92 Å². The van der Waals surface area contributed by atoms with E-state index in [4.69, 9.17) is 5.73 Å². The molecule has 0 spiro atoms. The number of aromatic nitrogens is 3.